The van der Waals surface area contributed by atoms with E-state index in [1.165, 1.54) is 4.57 Å². The molecule has 120 valence electrons. The molecule has 0 unspecified atom stereocenters. The van der Waals surface area contributed by atoms with Gasteiger partial charge in [-0.3, -0.25) is 4.79 Å². The molecule has 0 aliphatic carbocycles. The van der Waals surface area contributed by atoms with E-state index < -0.39 is 0 Å². The van der Waals surface area contributed by atoms with Crippen LogP contribution in [-0.2, 0) is 20.8 Å². The van der Waals surface area contributed by atoms with E-state index in [-0.39, 0.29) is 11.2 Å². The number of rotatable bonds is 12. The summed E-state index contributed by atoms with van der Waals surface area (Å²) in [4.78, 5) is 11.6. The molecule has 1 rings (SSSR count). The first-order valence-electron chi connectivity index (χ1n) is 7.44. The van der Waals surface area contributed by atoms with Crippen molar-refractivity contribution in [2.45, 2.75) is 26.3 Å². The van der Waals surface area contributed by atoms with Crippen LogP contribution in [0.25, 0.3) is 0 Å². The SMILES string of the molecule is CCCCOCCOCCOCCn1cccc(N)c1=O. The van der Waals surface area contributed by atoms with Crippen LogP contribution in [0.5, 0.6) is 0 Å². The monoisotopic (exact) mass is 298 g/mol. The standard InChI is InChI=1S/C15H26N2O4/c1-2-3-8-19-10-12-21-13-11-20-9-7-17-6-4-5-14(16)15(17)18/h4-6H,2-3,7-13,16H2,1H3. The van der Waals surface area contributed by atoms with Crippen molar-refractivity contribution in [3.05, 3.63) is 28.7 Å². The van der Waals surface area contributed by atoms with Gasteiger partial charge in [-0.1, -0.05) is 13.3 Å². The number of ether oxygens (including phenoxy) is 3. The molecule has 0 fully saturated rings. The van der Waals surface area contributed by atoms with Gasteiger partial charge >= 0.3 is 0 Å². The molecule has 0 spiro atoms. The Morgan fingerprint density at radius 3 is 2.33 bits per heavy atom. The molecule has 0 aliphatic heterocycles. The van der Waals surface area contributed by atoms with Gasteiger partial charge in [0.1, 0.15) is 0 Å². The molecule has 0 amide bonds. The van der Waals surface area contributed by atoms with Crippen molar-refractivity contribution in [1.29, 1.82) is 0 Å². The van der Waals surface area contributed by atoms with Crippen LogP contribution in [0.15, 0.2) is 23.1 Å². The molecule has 0 radical (unpaired) electrons. The summed E-state index contributed by atoms with van der Waals surface area (Å²) in [6.45, 7) is 6.12. The highest BCUT2D eigenvalue weighted by atomic mass is 16.5. The van der Waals surface area contributed by atoms with Crippen molar-refractivity contribution in [3.8, 4) is 0 Å². The van der Waals surface area contributed by atoms with E-state index in [2.05, 4.69) is 6.92 Å². The third-order valence-corrected chi connectivity index (χ3v) is 2.91. The number of nitrogen functional groups attached to an aromatic ring is 1. The maximum atomic E-state index is 11.6. The van der Waals surface area contributed by atoms with Crippen LogP contribution in [0.4, 0.5) is 5.69 Å². The van der Waals surface area contributed by atoms with Crippen molar-refractivity contribution in [3.63, 3.8) is 0 Å². The number of aromatic nitrogens is 1. The highest BCUT2D eigenvalue weighted by Crippen LogP contribution is 1.92. The van der Waals surface area contributed by atoms with Crippen molar-refractivity contribution in [1.82, 2.24) is 4.57 Å². The molecular weight excluding hydrogens is 272 g/mol. The van der Waals surface area contributed by atoms with E-state index in [9.17, 15) is 4.79 Å². The lowest BCUT2D eigenvalue weighted by molar-refractivity contribution is 0.0126. The molecule has 0 bridgehead atoms. The smallest absolute Gasteiger partial charge is 0.273 e. The van der Waals surface area contributed by atoms with Crippen LogP contribution in [-0.4, -0.2) is 44.2 Å². The van der Waals surface area contributed by atoms with Crippen molar-refractivity contribution >= 4 is 5.69 Å². The number of hydrogen-bond donors (Lipinski definition) is 1. The number of nitrogens with two attached hydrogens (primary N) is 1. The fourth-order valence-electron chi connectivity index (χ4n) is 1.68. The van der Waals surface area contributed by atoms with Gasteiger partial charge in [0.05, 0.1) is 38.7 Å². The lowest BCUT2D eigenvalue weighted by atomic mass is 10.4. The quantitative estimate of drug-likeness (QED) is 0.588. The van der Waals surface area contributed by atoms with Gasteiger partial charge < -0.3 is 24.5 Å². The van der Waals surface area contributed by atoms with Crippen LogP contribution >= 0.6 is 0 Å². The van der Waals surface area contributed by atoms with Crippen molar-refractivity contribution in [2.75, 3.05) is 45.4 Å². The summed E-state index contributed by atoms with van der Waals surface area (Å²) in [6.07, 6.45) is 3.93. The lowest BCUT2D eigenvalue weighted by Gasteiger charge is -2.08. The molecule has 2 N–H and O–H groups in total. The summed E-state index contributed by atoms with van der Waals surface area (Å²) < 4.78 is 17.7. The Morgan fingerprint density at radius 1 is 1.05 bits per heavy atom. The zero-order chi connectivity index (χ0) is 15.3. The number of unbranched alkanes of at least 4 members (excludes halogenated alkanes) is 1. The van der Waals surface area contributed by atoms with Crippen LogP contribution in [0.1, 0.15) is 19.8 Å². The summed E-state index contributed by atoms with van der Waals surface area (Å²) in [5, 5.41) is 0. The number of anilines is 1. The normalized spacial score (nSPS) is 10.9. The van der Waals surface area contributed by atoms with Gasteiger partial charge in [0.25, 0.3) is 5.56 Å². The van der Waals surface area contributed by atoms with E-state index in [1.807, 2.05) is 0 Å². The topological polar surface area (TPSA) is 75.7 Å². The Bertz CT molecular complexity index is 434. The zero-order valence-corrected chi connectivity index (χ0v) is 12.8. The second-order valence-corrected chi connectivity index (χ2v) is 4.65. The summed E-state index contributed by atoms with van der Waals surface area (Å²) in [5.41, 5.74) is 5.62. The highest BCUT2D eigenvalue weighted by molar-refractivity contribution is 5.33. The van der Waals surface area contributed by atoms with Gasteiger partial charge in [0, 0.05) is 19.3 Å². The van der Waals surface area contributed by atoms with E-state index in [1.54, 1.807) is 18.3 Å². The molecular formula is C15H26N2O4. The van der Waals surface area contributed by atoms with E-state index in [0.29, 0.717) is 39.6 Å². The predicted octanol–water partition coefficient (Wildman–Crippen LogP) is 1.28. The minimum absolute atomic E-state index is 0.179. The van der Waals surface area contributed by atoms with Gasteiger partial charge in [-0.15, -0.1) is 0 Å². The largest absolute Gasteiger partial charge is 0.394 e. The average Bonchev–Trinajstić information content (AvgIpc) is 2.49. The van der Waals surface area contributed by atoms with Crippen molar-refractivity contribution < 1.29 is 14.2 Å². The van der Waals surface area contributed by atoms with E-state index >= 15 is 0 Å². The van der Waals surface area contributed by atoms with E-state index in [0.717, 1.165) is 19.4 Å². The molecule has 0 aliphatic rings. The van der Waals surface area contributed by atoms with Gasteiger partial charge in [-0.2, -0.15) is 0 Å². The molecule has 6 nitrogen and oxygen atoms in total. The van der Waals surface area contributed by atoms with Crippen molar-refractivity contribution in [2.24, 2.45) is 0 Å². The third-order valence-electron chi connectivity index (χ3n) is 2.91. The molecule has 1 aromatic rings. The number of nitrogens with zero attached hydrogens (tertiary/aromatic N) is 1. The Morgan fingerprint density at radius 2 is 1.67 bits per heavy atom. The molecule has 0 saturated carbocycles. The maximum Gasteiger partial charge on any atom is 0.273 e. The van der Waals surface area contributed by atoms with Gasteiger partial charge in [0.15, 0.2) is 0 Å². The second kappa shape index (κ2) is 11.3. The molecule has 21 heavy (non-hydrogen) atoms. The first-order chi connectivity index (χ1) is 10.3. The molecule has 1 heterocycles. The molecule has 0 saturated heterocycles. The fraction of sp³-hybridized carbons (Fsp3) is 0.667. The molecule has 6 heteroatoms. The first kappa shape index (κ1) is 17.7. The van der Waals surface area contributed by atoms with Gasteiger partial charge in [-0.25, -0.2) is 0 Å². The van der Waals surface area contributed by atoms with Gasteiger partial charge in [0.2, 0.25) is 0 Å². The summed E-state index contributed by atoms with van der Waals surface area (Å²) in [7, 11) is 0. The zero-order valence-electron chi connectivity index (χ0n) is 12.8. The fourth-order valence-corrected chi connectivity index (χ4v) is 1.68. The maximum absolute atomic E-state index is 11.6. The van der Waals surface area contributed by atoms with E-state index in [4.69, 9.17) is 19.9 Å². The Kier molecular flexibility index (Phi) is 9.52. The average molecular weight is 298 g/mol. The Labute approximate surface area is 125 Å². The summed E-state index contributed by atoms with van der Waals surface area (Å²) in [5.74, 6) is 0. The lowest BCUT2D eigenvalue weighted by Crippen LogP contribution is -2.24. The minimum Gasteiger partial charge on any atom is -0.394 e. The van der Waals surface area contributed by atoms with Crippen LogP contribution in [0.2, 0.25) is 0 Å². The molecule has 1 aromatic heterocycles. The molecule has 0 aromatic carbocycles. The first-order valence-corrected chi connectivity index (χ1v) is 7.44. The Hall–Kier alpha value is -1.37. The highest BCUT2D eigenvalue weighted by Gasteiger charge is 1.98. The third kappa shape index (κ3) is 7.84. The number of hydrogen-bond acceptors (Lipinski definition) is 5. The summed E-state index contributed by atoms with van der Waals surface area (Å²) in [6, 6.07) is 3.34. The number of pyridine rings is 1. The predicted molar refractivity (Wildman–Crippen MR) is 82.5 cm³/mol. The Balaban J connectivity index is 1.95. The van der Waals surface area contributed by atoms with Gasteiger partial charge in [-0.05, 0) is 18.6 Å². The van der Waals surface area contributed by atoms with Crippen LogP contribution in [0.3, 0.4) is 0 Å². The van der Waals surface area contributed by atoms with Crippen LogP contribution < -0.4 is 11.3 Å². The van der Waals surface area contributed by atoms with Crippen LogP contribution in [0, 0.1) is 0 Å². The summed E-state index contributed by atoms with van der Waals surface area (Å²) >= 11 is 0. The molecule has 0 atom stereocenters. The second-order valence-electron chi connectivity index (χ2n) is 4.65. The minimum atomic E-state index is -0.179.